The van der Waals surface area contributed by atoms with Gasteiger partial charge in [0.05, 0.1) is 32.0 Å². The van der Waals surface area contributed by atoms with E-state index < -0.39 is 130 Å². The van der Waals surface area contributed by atoms with E-state index in [2.05, 4.69) is 0 Å². The van der Waals surface area contributed by atoms with Crippen LogP contribution >= 0.6 is 0 Å². The Labute approximate surface area is 240 Å². The highest BCUT2D eigenvalue weighted by Gasteiger charge is 2.53. The van der Waals surface area contributed by atoms with Crippen LogP contribution in [-0.4, -0.2) is 193 Å². The molecule has 18 nitrogen and oxygen atoms in total. The van der Waals surface area contributed by atoms with Gasteiger partial charge in [-0.3, -0.25) is 0 Å². The molecule has 18 atom stereocenters. The smallest absolute Gasteiger partial charge is 0.187 e. The van der Waals surface area contributed by atoms with Gasteiger partial charge in [-0.1, -0.05) is 0 Å². The summed E-state index contributed by atoms with van der Waals surface area (Å²) in [5.74, 6) is 0. The van der Waals surface area contributed by atoms with E-state index in [4.69, 9.17) is 33.2 Å². The van der Waals surface area contributed by atoms with Crippen molar-refractivity contribution in [3.8, 4) is 0 Å². The molecule has 4 aliphatic heterocycles. The lowest BCUT2D eigenvalue weighted by Gasteiger charge is -2.48. The summed E-state index contributed by atoms with van der Waals surface area (Å²) in [5.41, 5.74) is 0. The molecule has 4 fully saturated rings. The second kappa shape index (κ2) is 14.6. The molecule has 18 heteroatoms. The fourth-order valence-electron chi connectivity index (χ4n) is 5.41. The Morgan fingerprint density at radius 3 is 1.62 bits per heavy atom. The van der Waals surface area contributed by atoms with Crippen LogP contribution in [0, 0.1) is 0 Å². The summed E-state index contributed by atoms with van der Waals surface area (Å²) in [6.07, 6.45) is -27.0. The van der Waals surface area contributed by atoms with Gasteiger partial charge in [0.1, 0.15) is 79.4 Å². The fourth-order valence-corrected chi connectivity index (χ4v) is 5.41. The van der Waals surface area contributed by atoms with Crippen LogP contribution in [-0.2, 0) is 33.2 Å². The third-order valence-corrected chi connectivity index (χ3v) is 8.02. The number of hydrogen-bond acceptors (Lipinski definition) is 18. The van der Waals surface area contributed by atoms with Gasteiger partial charge in [-0.05, 0) is 13.3 Å². The Balaban J connectivity index is 1.56. The molecule has 0 bridgehead atoms. The lowest BCUT2D eigenvalue weighted by molar-refractivity contribution is -0.383. The molecule has 4 rings (SSSR count). The van der Waals surface area contributed by atoms with Gasteiger partial charge in [-0.15, -0.1) is 0 Å². The first-order valence-corrected chi connectivity index (χ1v) is 13.7. The Morgan fingerprint density at radius 2 is 1.02 bits per heavy atom. The molecule has 0 aliphatic carbocycles. The zero-order chi connectivity index (χ0) is 30.9. The zero-order valence-electron chi connectivity index (χ0n) is 22.7. The van der Waals surface area contributed by atoms with Crippen LogP contribution in [0.5, 0.6) is 0 Å². The second-order valence-corrected chi connectivity index (χ2v) is 10.8. The third kappa shape index (κ3) is 6.91. The largest absolute Gasteiger partial charge is 0.394 e. The molecule has 4 saturated heterocycles. The average molecular weight is 619 g/mol. The van der Waals surface area contributed by atoms with Crippen LogP contribution in [0.1, 0.15) is 13.3 Å². The molecular formula is C24H42O18. The van der Waals surface area contributed by atoms with Gasteiger partial charge < -0.3 is 89.3 Å². The van der Waals surface area contributed by atoms with Gasteiger partial charge in [-0.2, -0.15) is 0 Å². The van der Waals surface area contributed by atoms with Gasteiger partial charge >= 0.3 is 0 Å². The molecule has 0 radical (unpaired) electrons. The van der Waals surface area contributed by atoms with Crippen LogP contribution in [0.15, 0.2) is 0 Å². The number of aliphatic hydroxyl groups is 11. The second-order valence-electron chi connectivity index (χ2n) is 10.8. The summed E-state index contributed by atoms with van der Waals surface area (Å²) in [6, 6.07) is 0. The molecule has 0 saturated carbocycles. The molecule has 11 N–H and O–H groups in total. The van der Waals surface area contributed by atoms with E-state index in [0.717, 1.165) is 0 Å². The van der Waals surface area contributed by atoms with Crippen molar-refractivity contribution >= 4 is 0 Å². The average Bonchev–Trinajstić information content (AvgIpc) is 2.98. The molecule has 0 aromatic heterocycles. The summed E-state index contributed by atoms with van der Waals surface area (Å²) in [4.78, 5) is 0. The van der Waals surface area contributed by atoms with Crippen molar-refractivity contribution in [2.45, 2.75) is 124 Å². The zero-order valence-corrected chi connectivity index (χ0v) is 22.7. The topological polar surface area (TPSA) is 287 Å². The highest BCUT2D eigenvalue weighted by atomic mass is 16.8. The Morgan fingerprint density at radius 1 is 0.524 bits per heavy atom. The van der Waals surface area contributed by atoms with Gasteiger partial charge in [0.2, 0.25) is 0 Å². The van der Waals surface area contributed by atoms with Crippen molar-refractivity contribution in [2.24, 2.45) is 0 Å². The van der Waals surface area contributed by atoms with Gasteiger partial charge in [0, 0.05) is 6.61 Å². The Kier molecular flexibility index (Phi) is 11.9. The first-order valence-electron chi connectivity index (χ1n) is 13.7. The predicted molar refractivity (Wildman–Crippen MR) is 130 cm³/mol. The van der Waals surface area contributed by atoms with Crippen LogP contribution in [0.25, 0.3) is 0 Å². The molecule has 4 heterocycles. The third-order valence-electron chi connectivity index (χ3n) is 8.02. The van der Waals surface area contributed by atoms with E-state index in [1.54, 1.807) is 0 Å². The van der Waals surface area contributed by atoms with E-state index in [1.165, 1.54) is 6.92 Å². The first-order chi connectivity index (χ1) is 19.9. The highest BCUT2D eigenvalue weighted by molar-refractivity contribution is 4.95. The first kappa shape index (κ1) is 34.2. The lowest BCUT2D eigenvalue weighted by atomic mass is 9.96. The van der Waals surface area contributed by atoms with Crippen LogP contribution < -0.4 is 0 Å². The van der Waals surface area contributed by atoms with Crippen molar-refractivity contribution in [3.05, 3.63) is 0 Å². The van der Waals surface area contributed by atoms with Crippen molar-refractivity contribution in [2.75, 3.05) is 26.4 Å². The molecule has 0 amide bonds. The molecule has 18 unspecified atom stereocenters. The van der Waals surface area contributed by atoms with Crippen molar-refractivity contribution < 1.29 is 89.3 Å². The predicted octanol–water partition coefficient (Wildman–Crippen LogP) is -7.01. The summed E-state index contributed by atoms with van der Waals surface area (Å²) in [7, 11) is 0. The van der Waals surface area contributed by atoms with E-state index in [0.29, 0.717) is 0 Å². The van der Waals surface area contributed by atoms with E-state index in [-0.39, 0.29) is 13.0 Å². The Bertz CT molecular complexity index is 837. The molecule has 0 aromatic rings. The molecule has 4 aliphatic rings. The number of hydrogen-bond donors (Lipinski definition) is 11. The van der Waals surface area contributed by atoms with Crippen LogP contribution in [0.3, 0.4) is 0 Å². The minimum atomic E-state index is -1.87. The summed E-state index contributed by atoms with van der Waals surface area (Å²) < 4.78 is 39.7. The maximum atomic E-state index is 10.9. The summed E-state index contributed by atoms with van der Waals surface area (Å²) in [6.45, 7) is -0.597. The summed E-state index contributed by atoms with van der Waals surface area (Å²) in [5, 5.41) is 112. The van der Waals surface area contributed by atoms with Gasteiger partial charge in [0.25, 0.3) is 0 Å². The molecule has 0 spiro atoms. The number of ether oxygens (including phenoxy) is 7. The van der Waals surface area contributed by atoms with Crippen molar-refractivity contribution in [1.29, 1.82) is 0 Å². The summed E-state index contributed by atoms with van der Waals surface area (Å²) >= 11 is 0. The number of aliphatic hydroxyl groups excluding tert-OH is 11. The van der Waals surface area contributed by atoms with E-state index in [1.807, 2.05) is 0 Å². The SMILES string of the molecule is CC1OC(OC2C(CO)OCCC2OC2OC(CO)C(O)C(O)C2OC2OC(CO)C(O)C(O)C2O)C(O)C(O)C1O. The van der Waals surface area contributed by atoms with E-state index in [9.17, 15) is 56.2 Å². The molecule has 246 valence electrons. The standard InChI is InChI=1S/C24H42O18/c1-7-12(28)15(31)18(34)22(37-7)41-20-8(2-3-36-11(20)6-27)38-24-21(17(33)14(30)10(5-26)40-24)42-23-19(35)16(32)13(29)9(4-25)39-23/h7-35H,2-6H2,1H3. The monoisotopic (exact) mass is 618 g/mol. The van der Waals surface area contributed by atoms with Crippen molar-refractivity contribution in [3.63, 3.8) is 0 Å². The van der Waals surface area contributed by atoms with E-state index >= 15 is 0 Å². The van der Waals surface area contributed by atoms with Crippen LogP contribution in [0.4, 0.5) is 0 Å². The maximum absolute atomic E-state index is 10.9. The minimum Gasteiger partial charge on any atom is -0.394 e. The quantitative estimate of drug-likeness (QED) is 0.114. The van der Waals surface area contributed by atoms with Crippen LogP contribution in [0.2, 0.25) is 0 Å². The number of rotatable bonds is 9. The van der Waals surface area contributed by atoms with Gasteiger partial charge in [0.15, 0.2) is 18.9 Å². The molecular weight excluding hydrogens is 576 g/mol. The fraction of sp³-hybridized carbons (Fsp3) is 1.00. The Hall–Kier alpha value is -0.720. The van der Waals surface area contributed by atoms with Gasteiger partial charge in [-0.25, -0.2) is 0 Å². The lowest BCUT2D eigenvalue weighted by Crippen LogP contribution is -2.65. The minimum absolute atomic E-state index is 0.0428. The molecule has 0 aromatic carbocycles. The van der Waals surface area contributed by atoms with Crippen molar-refractivity contribution in [1.82, 2.24) is 0 Å². The highest BCUT2D eigenvalue weighted by Crippen LogP contribution is 2.33. The maximum Gasteiger partial charge on any atom is 0.187 e. The normalized spacial score (nSPS) is 52.3. The molecule has 42 heavy (non-hydrogen) atoms.